The zero-order chi connectivity index (χ0) is 25.4. The molecule has 11 nitrogen and oxygen atoms in total. The number of aromatic nitrogens is 2. The van der Waals surface area contributed by atoms with Crippen molar-refractivity contribution in [2.45, 2.75) is 17.9 Å². The molecule has 0 aromatic carbocycles. The number of ether oxygens (including phenoxy) is 2. The Morgan fingerprint density at radius 1 is 0.943 bits per heavy atom. The lowest BCUT2D eigenvalue weighted by Crippen LogP contribution is -2.83. The van der Waals surface area contributed by atoms with Crippen molar-refractivity contribution in [1.82, 2.24) is 19.8 Å². The van der Waals surface area contributed by atoms with Gasteiger partial charge in [0.05, 0.1) is 44.3 Å². The molecule has 4 atom stereocenters. The zero-order valence-corrected chi connectivity index (χ0v) is 19.9. The van der Waals surface area contributed by atoms with Crippen LogP contribution in [-0.2, 0) is 19.1 Å². The van der Waals surface area contributed by atoms with Crippen molar-refractivity contribution in [3.05, 3.63) is 60.2 Å². The van der Waals surface area contributed by atoms with Crippen LogP contribution in [0.2, 0.25) is 0 Å². The highest BCUT2D eigenvalue weighted by atomic mass is 16.6. The zero-order valence-electron chi connectivity index (χ0n) is 19.9. The molecule has 4 heterocycles. The fourth-order valence-corrected chi connectivity index (χ4v) is 6.08. The average molecular weight is 487 g/mol. The summed E-state index contributed by atoms with van der Waals surface area (Å²) in [6, 6.07) is 8.12. The first-order valence-corrected chi connectivity index (χ1v) is 11.2. The Morgan fingerprint density at radius 3 is 1.74 bits per heavy atom. The maximum atomic E-state index is 13.6. The summed E-state index contributed by atoms with van der Waals surface area (Å²) in [6.07, 6.45) is 3.08. The smallest absolute Gasteiger partial charge is 0.320 e. The number of likely N-dealkylation sites (tertiary alicyclic amines) is 2. The molecule has 2 aromatic rings. The number of hydrogen-bond acceptors (Lipinski definition) is 11. The summed E-state index contributed by atoms with van der Waals surface area (Å²) >= 11 is 0. The molecule has 188 valence electrons. The molecule has 2 fully saturated rings. The number of aliphatic hydroxyl groups is 3. The van der Waals surface area contributed by atoms with Gasteiger partial charge in [0.2, 0.25) is 5.79 Å². The molecule has 2 saturated heterocycles. The van der Waals surface area contributed by atoms with Crippen LogP contribution < -0.4 is 0 Å². The van der Waals surface area contributed by atoms with E-state index in [1.165, 1.54) is 12.4 Å². The predicted octanol–water partition coefficient (Wildman–Crippen LogP) is -0.488. The number of hydrogen-bond donors (Lipinski definition) is 3. The Hall–Kier alpha value is -2.96. The number of nitrogens with zero attached hydrogens (tertiary/aromatic N) is 4. The second-order valence-electron chi connectivity index (χ2n) is 9.01. The van der Waals surface area contributed by atoms with Crippen molar-refractivity contribution in [2.75, 3.05) is 47.5 Å². The summed E-state index contributed by atoms with van der Waals surface area (Å²) in [5, 5.41) is 34.0. The Bertz CT molecular complexity index is 991. The Morgan fingerprint density at radius 2 is 1.40 bits per heavy atom. The van der Waals surface area contributed by atoms with Gasteiger partial charge < -0.3 is 24.8 Å². The van der Waals surface area contributed by atoms with Crippen LogP contribution in [0.3, 0.4) is 0 Å². The van der Waals surface area contributed by atoms with Crippen molar-refractivity contribution >= 4 is 11.9 Å². The molecular formula is C24H30N4O7. The molecule has 4 rings (SSSR count). The summed E-state index contributed by atoms with van der Waals surface area (Å²) in [4.78, 5) is 39.5. The van der Waals surface area contributed by atoms with Gasteiger partial charge in [-0.1, -0.05) is 12.1 Å². The second-order valence-corrected chi connectivity index (χ2v) is 9.01. The molecular weight excluding hydrogens is 456 g/mol. The number of carbonyl (C=O) groups is 2. The molecule has 2 aliphatic rings. The van der Waals surface area contributed by atoms with Crippen molar-refractivity contribution in [3.8, 4) is 0 Å². The molecule has 0 spiro atoms. The SMILES string of the molecule is COC(=O)C12CN(CCO)CC(C(=O)OC)(C(c3ccccn3)N(C)C1c1ccccn1)C2(O)O. The number of fused-ring (bicyclic) bond motifs is 2. The minimum Gasteiger partial charge on any atom is -0.468 e. The fraction of sp³-hybridized carbons (Fsp3) is 0.500. The molecule has 0 saturated carbocycles. The van der Waals surface area contributed by atoms with E-state index in [2.05, 4.69) is 9.97 Å². The number of rotatable bonds is 6. The van der Waals surface area contributed by atoms with Gasteiger partial charge >= 0.3 is 11.9 Å². The molecule has 2 bridgehead atoms. The van der Waals surface area contributed by atoms with Crippen LogP contribution in [0.4, 0.5) is 0 Å². The minimum atomic E-state index is -2.96. The van der Waals surface area contributed by atoms with Gasteiger partial charge in [0.1, 0.15) is 0 Å². The normalized spacial score (nSPS) is 30.5. The van der Waals surface area contributed by atoms with E-state index in [0.29, 0.717) is 11.4 Å². The van der Waals surface area contributed by atoms with Crippen LogP contribution in [0.15, 0.2) is 48.8 Å². The van der Waals surface area contributed by atoms with Crippen LogP contribution in [0.1, 0.15) is 23.5 Å². The van der Waals surface area contributed by atoms with E-state index in [-0.39, 0.29) is 26.2 Å². The maximum absolute atomic E-state index is 13.6. The number of pyridine rings is 2. The third-order valence-electron chi connectivity index (χ3n) is 7.39. The number of aliphatic hydroxyl groups excluding tert-OH is 1. The second kappa shape index (κ2) is 9.25. The van der Waals surface area contributed by atoms with E-state index in [1.807, 2.05) is 0 Å². The molecule has 4 unspecified atom stereocenters. The first-order chi connectivity index (χ1) is 16.7. The van der Waals surface area contributed by atoms with Crippen LogP contribution in [0.25, 0.3) is 0 Å². The van der Waals surface area contributed by atoms with Crippen molar-refractivity contribution in [1.29, 1.82) is 0 Å². The Labute approximate surface area is 202 Å². The number of piperidine rings is 2. The lowest BCUT2D eigenvalue weighted by molar-refractivity contribution is -0.375. The molecule has 2 aliphatic heterocycles. The van der Waals surface area contributed by atoms with Crippen LogP contribution in [-0.4, -0.2) is 100 Å². The lowest BCUT2D eigenvalue weighted by Gasteiger charge is -2.67. The maximum Gasteiger partial charge on any atom is 0.320 e. The molecule has 11 heteroatoms. The van der Waals surface area contributed by atoms with E-state index >= 15 is 0 Å². The van der Waals surface area contributed by atoms with Crippen molar-refractivity contribution in [3.63, 3.8) is 0 Å². The van der Waals surface area contributed by atoms with Gasteiger partial charge in [0, 0.05) is 32.0 Å². The van der Waals surface area contributed by atoms with Gasteiger partial charge in [-0.3, -0.25) is 29.4 Å². The van der Waals surface area contributed by atoms with Gasteiger partial charge in [-0.2, -0.15) is 0 Å². The largest absolute Gasteiger partial charge is 0.468 e. The number of methoxy groups -OCH3 is 2. The van der Waals surface area contributed by atoms with Gasteiger partial charge in [0.15, 0.2) is 10.8 Å². The molecule has 35 heavy (non-hydrogen) atoms. The molecule has 3 N–H and O–H groups in total. The number of esters is 2. The third kappa shape index (κ3) is 3.38. The minimum absolute atomic E-state index is 0.0706. The standard InChI is InChI=1S/C24H30N4O7/c1-27-18(16-8-4-6-10-25-16)22(20(30)34-2)14-28(12-13-29)15-23(21(31)35-3,24(22,32)33)19(27)17-9-5-7-11-26-17/h4-11,18-19,29,32-33H,12-15H2,1-3H3. The van der Waals surface area contributed by atoms with E-state index in [4.69, 9.17) is 9.47 Å². The van der Waals surface area contributed by atoms with Crippen molar-refractivity contribution in [2.24, 2.45) is 10.8 Å². The topological polar surface area (TPSA) is 146 Å². The molecule has 2 aromatic heterocycles. The molecule has 0 radical (unpaired) electrons. The summed E-state index contributed by atoms with van der Waals surface area (Å²) in [7, 11) is 3.99. The quantitative estimate of drug-likeness (QED) is 0.359. The van der Waals surface area contributed by atoms with Crippen LogP contribution in [0, 0.1) is 10.8 Å². The van der Waals surface area contributed by atoms with Gasteiger partial charge in [0.25, 0.3) is 0 Å². The van der Waals surface area contributed by atoms with E-state index in [0.717, 1.165) is 14.2 Å². The summed E-state index contributed by atoms with van der Waals surface area (Å²) < 4.78 is 10.3. The molecule has 0 aliphatic carbocycles. The molecule has 0 amide bonds. The van der Waals surface area contributed by atoms with Gasteiger partial charge in [-0.25, -0.2) is 0 Å². The first kappa shape index (κ1) is 25.1. The Kier molecular flexibility index (Phi) is 6.64. The van der Waals surface area contributed by atoms with E-state index in [9.17, 15) is 24.9 Å². The number of carbonyl (C=O) groups excluding carboxylic acids is 2. The van der Waals surface area contributed by atoms with Crippen LogP contribution in [0.5, 0.6) is 0 Å². The monoisotopic (exact) mass is 486 g/mol. The Balaban J connectivity index is 2.12. The third-order valence-corrected chi connectivity index (χ3v) is 7.39. The van der Waals surface area contributed by atoms with Crippen LogP contribution >= 0.6 is 0 Å². The van der Waals surface area contributed by atoms with Crippen molar-refractivity contribution < 1.29 is 34.4 Å². The average Bonchev–Trinajstić information content (AvgIpc) is 2.86. The predicted molar refractivity (Wildman–Crippen MR) is 121 cm³/mol. The van der Waals surface area contributed by atoms with Gasteiger partial charge in [-0.15, -0.1) is 0 Å². The highest BCUT2D eigenvalue weighted by molar-refractivity contribution is 5.87. The fourth-order valence-electron chi connectivity index (χ4n) is 6.08. The highest BCUT2D eigenvalue weighted by Gasteiger charge is 2.82. The summed E-state index contributed by atoms with van der Waals surface area (Å²) in [5.41, 5.74) is -3.45. The lowest BCUT2D eigenvalue weighted by atomic mass is 9.51. The summed E-state index contributed by atoms with van der Waals surface area (Å²) in [6.45, 7) is -0.642. The number of β-amino-alcohol motifs (C(OH)–C–C–N with tert-alkyl or cyclic N) is 1. The van der Waals surface area contributed by atoms with E-state index in [1.54, 1.807) is 53.2 Å². The van der Waals surface area contributed by atoms with E-state index < -0.39 is 40.6 Å². The first-order valence-electron chi connectivity index (χ1n) is 11.2. The van der Waals surface area contributed by atoms with Gasteiger partial charge in [-0.05, 0) is 31.3 Å². The highest BCUT2D eigenvalue weighted by Crippen LogP contribution is 2.66. The summed E-state index contributed by atoms with van der Waals surface area (Å²) in [5.74, 6) is -4.82.